The molecule has 3 nitrogen and oxygen atoms in total. The van der Waals surface area contributed by atoms with E-state index in [1.54, 1.807) is 0 Å². The van der Waals surface area contributed by atoms with Crippen LogP contribution in [0, 0.1) is 5.92 Å². The summed E-state index contributed by atoms with van der Waals surface area (Å²) in [7, 11) is 0. The van der Waals surface area contributed by atoms with E-state index in [4.69, 9.17) is 5.73 Å². The second-order valence-electron chi connectivity index (χ2n) is 4.47. The van der Waals surface area contributed by atoms with Crippen LogP contribution in [0.4, 0.5) is 0 Å². The summed E-state index contributed by atoms with van der Waals surface area (Å²) in [4.78, 5) is 11.6. The van der Waals surface area contributed by atoms with Gasteiger partial charge >= 0.3 is 0 Å². The fourth-order valence-electron chi connectivity index (χ4n) is 1.77. The lowest BCUT2D eigenvalue weighted by Crippen LogP contribution is -2.32. The highest BCUT2D eigenvalue weighted by Gasteiger charge is 2.29. The zero-order chi connectivity index (χ0) is 11.4. The van der Waals surface area contributed by atoms with E-state index in [0.717, 1.165) is 5.56 Å². The molecule has 2 rings (SSSR count). The highest BCUT2D eigenvalue weighted by atomic mass is 16.1. The van der Waals surface area contributed by atoms with Crippen LogP contribution < -0.4 is 11.1 Å². The van der Waals surface area contributed by atoms with E-state index in [1.165, 1.54) is 12.8 Å². The maximum Gasteiger partial charge on any atom is 0.221 e. The van der Waals surface area contributed by atoms with Crippen molar-refractivity contribution in [2.75, 3.05) is 0 Å². The molecule has 3 N–H and O–H groups in total. The largest absolute Gasteiger partial charge is 0.352 e. The fourth-order valence-corrected chi connectivity index (χ4v) is 1.77. The molecule has 1 aromatic rings. The summed E-state index contributed by atoms with van der Waals surface area (Å²) in [5.74, 6) is 0.644. The second-order valence-corrected chi connectivity index (χ2v) is 4.47. The third kappa shape index (κ3) is 3.35. The minimum atomic E-state index is 0.0516. The molecule has 1 aliphatic rings. The lowest BCUT2D eigenvalue weighted by molar-refractivity contribution is -0.121. The zero-order valence-electron chi connectivity index (χ0n) is 9.36. The van der Waals surface area contributed by atoms with Crippen molar-refractivity contribution < 1.29 is 4.79 Å². The Labute approximate surface area is 96.0 Å². The number of nitrogens with two attached hydrogens (primary N) is 1. The van der Waals surface area contributed by atoms with Gasteiger partial charge in [0, 0.05) is 19.0 Å². The summed E-state index contributed by atoms with van der Waals surface area (Å²) in [6.45, 7) is 0.594. The van der Waals surface area contributed by atoms with E-state index in [9.17, 15) is 4.79 Å². The van der Waals surface area contributed by atoms with Crippen molar-refractivity contribution in [3.63, 3.8) is 0 Å². The molecule has 0 heterocycles. The molecule has 3 heteroatoms. The fraction of sp³-hybridized carbons (Fsp3) is 0.462. The number of carbonyl (C=O) groups is 1. The van der Waals surface area contributed by atoms with Gasteiger partial charge in [-0.3, -0.25) is 4.79 Å². The zero-order valence-corrected chi connectivity index (χ0v) is 9.36. The highest BCUT2D eigenvalue weighted by molar-refractivity contribution is 5.76. The van der Waals surface area contributed by atoms with Crippen LogP contribution in [0.15, 0.2) is 30.3 Å². The van der Waals surface area contributed by atoms with E-state index in [-0.39, 0.29) is 11.9 Å². The van der Waals surface area contributed by atoms with Crippen LogP contribution in [0.25, 0.3) is 0 Å². The Balaban J connectivity index is 1.71. The third-order valence-electron chi connectivity index (χ3n) is 2.98. The number of benzene rings is 1. The number of nitrogens with one attached hydrogen (secondary N) is 1. The Hall–Kier alpha value is -1.35. The van der Waals surface area contributed by atoms with Crippen molar-refractivity contribution in [3.8, 4) is 0 Å². The highest BCUT2D eigenvalue weighted by Crippen LogP contribution is 2.32. The molecule has 1 saturated carbocycles. The first-order chi connectivity index (χ1) is 7.75. The number of hydrogen-bond acceptors (Lipinski definition) is 2. The monoisotopic (exact) mass is 218 g/mol. The predicted octanol–water partition coefficient (Wildman–Crippen LogP) is 1.43. The van der Waals surface area contributed by atoms with Crippen LogP contribution in [0.5, 0.6) is 0 Å². The van der Waals surface area contributed by atoms with E-state index in [2.05, 4.69) is 5.32 Å². The first-order valence-electron chi connectivity index (χ1n) is 5.82. The van der Waals surface area contributed by atoms with Gasteiger partial charge in [0.2, 0.25) is 5.91 Å². The quantitative estimate of drug-likeness (QED) is 0.785. The topological polar surface area (TPSA) is 55.1 Å². The van der Waals surface area contributed by atoms with Gasteiger partial charge in [-0.2, -0.15) is 0 Å². The summed E-state index contributed by atoms with van der Waals surface area (Å²) in [5, 5.41) is 2.89. The van der Waals surface area contributed by atoms with E-state index >= 15 is 0 Å². The lowest BCUT2D eigenvalue weighted by Gasteiger charge is -2.10. The lowest BCUT2D eigenvalue weighted by atomic mass is 10.1. The molecule has 16 heavy (non-hydrogen) atoms. The minimum Gasteiger partial charge on any atom is -0.352 e. The summed E-state index contributed by atoms with van der Waals surface area (Å²) in [6.07, 6.45) is 2.83. The minimum absolute atomic E-state index is 0.0516. The number of rotatable bonds is 5. The van der Waals surface area contributed by atoms with E-state index in [1.807, 2.05) is 30.3 Å². The van der Waals surface area contributed by atoms with Gasteiger partial charge in [0.25, 0.3) is 0 Å². The Morgan fingerprint density at radius 1 is 1.38 bits per heavy atom. The molecule has 0 saturated heterocycles. The van der Waals surface area contributed by atoms with Crippen LogP contribution in [0.3, 0.4) is 0 Å². The Kier molecular flexibility index (Phi) is 3.57. The van der Waals surface area contributed by atoms with Crippen molar-refractivity contribution in [1.82, 2.24) is 5.32 Å². The second kappa shape index (κ2) is 5.12. The van der Waals surface area contributed by atoms with Crippen molar-refractivity contribution in [2.45, 2.75) is 31.8 Å². The average molecular weight is 218 g/mol. The Bertz CT molecular complexity index is 346. The smallest absolute Gasteiger partial charge is 0.221 e. The molecule has 0 radical (unpaired) electrons. The summed E-state index contributed by atoms with van der Waals surface area (Å²) >= 11 is 0. The van der Waals surface area contributed by atoms with Gasteiger partial charge < -0.3 is 11.1 Å². The Morgan fingerprint density at radius 3 is 2.69 bits per heavy atom. The summed E-state index contributed by atoms with van der Waals surface area (Å²) < 4.78 is 0. The number of amides is 1. The molecule has 0 spiro atoms. The molecule has 1 atom stereocenters. The maximum absolute atomic E-state index is 11.6. The summed E-state index contributed by atoms with van der Waals surface area (Å²) in [6, 6.07) is 9.96. The molecule has 1 aliphatic carbocycles. The molecule has 86 valence electrons. The van der Waals surface area contributed by atoms with E-state index < -0.39 is 0 Å². The van der Waals surface area contributed by atoms with Gasteiger partial charge in [-0.15, -0.1) is 0 Å². The van der Waals surface area contributed by atoms with Crippen molar-refractivity contribution >= 4 is 5.91 Å². The third-order valence-corrected chi connectivity index (χ3v) is 2.98. The first-order valence-corrected chi connectivity index (χ1v) is 5.82. The normalized spacial score (nSPS) is 16.8. The Morgan fingerprint density at radius 2 is 2.06 bits per heavy atom. The summed E-state index contributed by atoms with van der Waals surface area (Å²) in [5.41, 5.74) is 7.01. The van der Waals surface area contributed by atoms with Crippen LogP contribution in [0.2, 0.25) is 0 Å². The van der Waals surface area contributed by atoms with Gasteiger partial charge in [0.1, 0.15) is 0 Å². The van der Waals surface area contributed by atoms with Crippen LogP contribution in [-0.2, 0) is 11.3 Å². The van der Waals surface area contributed by atoms with Crippen molar-refractivity contribution in [2.24, 2.45) is 11.7 Å². The van der Waals surface area contributed by atoms with Crippen molar-refractivity contribution in [1.29, 1.82) is 0 Å². The average Bonchev–Trinajstić information content (AvgIpc) is 3.11. The number of hydrogen-bond donors (Lipinski definition) is 2. The van der Waals surface area contributed by atoms with Crippen LogP contribution in [0.1, 0.15) is 24.8 Å². The molecule has 0 aromatic heterocycles. The maximum atomic E-state index is 11.6. The van der Waals surface area contributed by atoms with Crippen LogP contribution >= 0.6 is 0 Å². The molecule has 0 aliphatic heterocycles. The molecular formula is C13H18N2O. The predicted molar refractivity (Wildman–Crippen MR) is 63.6 cm³/mol. The molecule has 1 aromatic carbocycles. The van der Waals surface area contributed by atoms with Gasteiger partial charge in [0.15, 0.2) is 0 Å². The van der Waals surface area contributed by atoms with Gasteiger partial charge in [-0.05, 0) is 24.3 Å². The van der Waals surface area contributed by atoms with Gasteiger partial charge in [-0.25, -0.2) is 0 Å². The number of carbonyl (C=O) groups excluding carboxylic acids is 1. The van der Waals surface area contributed by atoms with Gasteiger partial charge in [-0.1, -0.05) is 30.3 Å². The van der Waals surface area contributed by atoms with Crippen molar-refractivity contribution in [3.05, 3.63) is 35.9 Å². The molecule has 1 amide bonds. The molecule has 1 unspecified atom stereocenters. The molecular weight excluding hydrogens is 200 g/mol. The first kappa shape index (κ1) is 11.1. The standard InChI is InChI=1S/C13H18N2O/c14-12(11-6-7-11)8-13(16)15-9-10-4-2-1-3-5-10/h1-5,11-12H,6-9,14H2,(H,15,16). The van der Waals surface area contributed by atoms with E-state index in [0.29, 0.717) is 18.9 Å². The molecule has 1 fully saturated rings. The van der Waals surface area contributed by atoms with Gasteiger partial charge in [0.05, 0.1) is 0 Å². The molecule has 0 bridgehead atoms. The van der Waals surface area contributed by atoms with Crippen LogP contribution in [-0.4, -0.2) is 11.9 Å². The SMILES string of the molecule is NC(CC(=O)NCc1ccccc1)C1CC1.